The maximum Gasteiger partial charge on any atom is 0.330 e. The fraction of sp³-hybridized carbons (Fsp3) is 0.500. The fourth-order valence-electron chi connectivity index (χ4n) is 2.32. The molecule has 0 aromatic rings. The van der Waals surface area contributed by atoms with Gasteiger partial charge < -0.3 is 19.7 Å². The number of aliphatic carboxylic acids is 2. The Bertz CT molecular complexity index is 574. The third-order valence-electron chi connectivity index (χ3n) is 3.88. The number of hydrogen-bond acceptors (Lipinski definition) is 4. The fourth-order valence-corrected chi connectivity index (χ4v) is 2.32. The lowest BCUT2D eigenvalue weighted by atomic mass is 10.2. The summed E-state index contributed by atoms with van der Waals surface area (Å²) in [6.07, 6.45) is 12.1. The molecule has 0 aromatic carbocycles. The van der Waals surface area contributed by atoms with Crippen LogP contribution in [0.1, 0.15) is 58.8 Å². The molecule has 0 bridgehead atoms. The molecule has 144 valence electrons. The molecule has 6 nitrogen and oxygen atoms in total. The highest BCUT2D eigenvalue weighted by Gasteiger charge is 2.18. The monoisotopic (exact) mass is 364 g/mol. The van der Waals surface area contributed by atoms with Gasteiger partial charge in [-0.2, -0.15) is 0 Å². The van der Waals surface area contributed by atoms with Crippen LogP contribution in [0.5, 0.6) is 0 Å². The van der Waals surface area contributed by atoms with Crippen molar-refractivity contribution < 1.29 is 29.3 Å². The first-order valence-electron chi connectivity index (χ1n) is 8.79. The molecule has 0 fully saturated rings. The molecule has 0 radical (unpaired) electrons. The summed E-state index contributed by atoms with van der Waals surface area (Å²) in [6.45, 7) is 6.19. The minimum absolute atomic E-state index is 0.176. The van der Waals surface area contributed by atoms with E-state index in [0.717, 1.165) is 50.0 Å². The molecule has 2 rings (SSSR count). The van der Waals surface area contributed by atoms with Crippen LogP contribution in [0.2, 0.25) is 0 Å². The van der Waals surface area contributed by atoms with Crippen LogP contribution in [-0.4, -0.2) is 28.4 Å². The molecule has 0 aliphatic heterocycles. The topological polar surface area (TPSA) is 93.1 Å². The van der Waals surface area contributed by atoms with Crippen molar-refractivity contribution in [1.29, 1.82) is 0 Å². The minimum atomic E-state index is -0.935. The first-order valence-corrected chi connectivity index (χ1v) is 8.79. The molecule has 0 spiro atoms. The van der Waals surface area contributed by atoms with Crippen molar-refractivity contribution in [2.24, 2.45) is 0 Å². The molecule has 26 heavy (non-hydrogen) atoms. The number of ether oxygens (including phenoxy) is 2. The second-order valence-corrected chi connectivity index (χ2v) is 6.30. The van der Waals surface area contributed by atoms with Crippen LogP contribution in [0.25, 0.3) is 0 Å². The van der Waals surface area contributed by atoms with E-state index in [1.165, 1.54) is 6.92 Å². The number of rotatable bonds is 8. The largest absolute Gasteiger partial charge is 0.478 e. The van der Waals surface area contributed by atoms with Crippen LogP contribution in [0, 0.1) is 0 Å². The van der Waals surface area contributed by atoms with E-state index in [1.807, 2.05) is 0 Å². The Balaban J connectivity index is 0.000000487. The first kappa shape index (κ1) is 21.5. The Morgan fingerprint density at radius 3 is 1.85 bits per heavy atom. The second-order valence-electron chi connectivity index (χ2n) is 6.30. The molecule has 2 aliphatic rings. The highest BCUT2D eigenvalue weighted by molar-refractivity contribution is 5.85. The van der Waals surface area contributed by atoms with Gasteiger partial charge in [0.2, 0.25) is 6.29 Å². The summed E-state index contributed by atoms with van der Waals surface area (Å²) >= 11 is 0. The molecule has 2 aliphatic carbocycles. The summed E-state index contributed by atoms with van der Waals surface area (Å²) in [6, 6.07) is 0. The number of allylic oxidation sites excluding steroid dienone is 4. The van der Waals surface area contributed by atoms with Gasteiger partial charge >= 0.3 is 11.9 Å². The average Bonchev–Trinajstić information content (AvgIpc) is 3.26. The van der Waals surface area contributed by atoms with Crippen molar-refractivity contribution in [2.75, 3.05) is 0 Å². The van der Waals surface area contributed by atoms with E-state index in [0.29, 0.717) is 12.0 Å². The number of carboxylic acids is 2. The van der Waals surface area contributed by atoms with Crippen LogP contribution < -0.4 is 0 Å². The molecule has 0 atom stereocenters. The van der Waals surface area contributed by atoms with Crippen molar-refractivity contribution in [3.05, 3.63) is 47.5 Å². The van der Waals surface area contributed by atoms with E-state index in [4.69, 9.17) is 19.7 Å². The average molecular weight is 364 g/mol. The van der Waals surface area contributed by atoms with E-state index < -0.39 is 18.2 Å². The Morgan fingerprint density at radius 1 is 1.08 bits per heavy atom. The van der Waals surface area contributed by atoms with Crippen LogP contribution in [0.15, 0.2) is 47.5 Å². The molecule has 2 N–H and O–H groups in total. The summed E-state index contributed by atoms with van der Waals surface area (Å²) in [5, 5.41) is 16.8. The van der Waals surface area contributed by atoms with Crippen LogP contribution >= 0.6 is 0 Å². The quantitative estimate of drug-likeness (QED) is 0.485. The first-order chi connectivity index (χ1) is 12.3. The zero-order valence-corrected chi connectivity index (χ0v) is 15.5. The lowest BCUT2D eigenvalue weighted by molar-refractivity contribution is -0.133. The third kappa shape index (κ3) is 8.55. The predicted octanol–water partition coefficient (Wildman–Crippen LogP) is 4.55. The number of carboxylic acid groups (broad SMARTS) is 2. The highest BCUT2D eigenvalue weighted by atomic mass is 16.7. The number of carbonyl (C=O) groups is 2. The van der Waals surface area contributed by atoms with Gasteiger partial charge in [0.1, 0.15) is 0 Å². The molecule has 6 heteroatoms. The standard InChI is InChI=1S/C16H22O4.C4H6O2/c1-12(16(17)18)10-11-15(19-13-6-2-3-7-13)20-14-8-4-5-9-14;1-3(2)4(5)6/h6,8,10,15H,2-5,7,9,11H2,1H3,(H,17,18);1H2,2H3,(H,5,6). The Kier molecular flexibility index (Phi) is 9.26. The molecule has 0 heterocycles. The van der Waals surface area contributed by atoms with Crippen LogP contribution in [-0.2, 0) is 19.1 Å². The minimum Gasteiger partial charge on any atom is -0.478 e. The second kappa shape index (κ2) is 11.2. The van der Waals surface area contributed by atoms with Gasteiger partial charge in [0, 0.05) is 30.4 Å². The van der Waals surface area contributed by atoms with Crippen LogP contribution in [0.3, 0.4) is 0 Å². The van der Waals surface area contributed by atoms with E-state index >= 15 is 0 Å². The maximum atomic E-state index is 10.8. The number of hydrogen-bond donors (Lipinski definition) is 2. The van der Waals surface area contributed by atoms with E-state index in [2.05, 4.69) is 18.7 Å². The van der Waals surface area contributed by atoms with Gasteiger partial charge in [-0.05, 0) is 51.7 Å². The molecule has 0 amide bonds. The van der Waals surface area contributed by atoms with Crippen molar-refractivity contribution >= 4 is 11.9 Å². The molecule has 0 unspecified atom stereocenters. The van der Waals surface area contributed by atoms with Crippen molar-refractivity contribution in [1.82, 2.24) is 0 Å². The predicted molar refractivity (Wildman–Crippen MR) is 98.3 cm³/mol. The van der Waals surface area contributed by atoms with Gasteiger partial charge in [0.15, 0.2) is 0 Å². The smallest absolute Gasteiger partial charge is 0.330 e. The Hall–Kier alpha value is -2.50. The SMILES string of the molecule is C=C(C)C(=O)O.CC(=CCC(OC1=CCCC1)OC1=CCCC1)C(=O)O. The lowest BCUT2D eigenvalue weighted by Crippen LogP contribution is -2.16. The van der Waals surface area contributed by atoms with E-state index in [1.54, 1.807) is 13.0 Å². The molecule has 0 saturated heterocycles. The molecular weight excluding hydrogens is 336 g/mol. The van der Waals surface area contributed by atoms with E-state index in [-0.39, 0.29) is 5.57 Å². The van der Waals surface area contributed by atoms with Crippen molar-refractivity contribution in [3.63, 3.8) is 0 Å². The van der Waals surface area contributed by atoms with Crippen molar-refractivity contribution in [3.8, 4) is 0 Å². The molecule has 0 aromatic heterocycles. The summed E-state index contributed by atoms with van der Waals surface area (Å²) < 4.78 is 11.7. The molecular formula is C20H28O6. The van der Waals surface area contributed by atoms with Gasteiger partial charge in [-0.1, -0.05) is 12.7 Å². The lowest BCUT2D eigenvalue weighted by Gasteiger charge is -2.21. The van der Waals surface area contributed by atoms with Gasteiger partial charge in [-0.15, -0.1) is 0 Å². The summed E-state index contributed by atoms with van der Waals surface area (Å²) in [5.41, 5.74) is 0.498. The van der Waals surface area contributed by atoms with Gasteiger partial charge in [-0.25, -0.2) is 9.59 Å². The van der Waals surface area contributed by atoms with Gasteiger partial charge in [-0.3, -0.25) is 0 Å². The highest BCUT2D eigenvalue weighted by Crippen LogP contribution is 2.26. The summed E-state index contributed by atoms with van der Waals surface area (Å²) in [5.74, 6) is 0.101. The van der Waals surface area contributed by atoms with E-state index in [9.17, 15) is 9.59 Å². The maximum absolute atomic E-state index is 10.8. The van der Waals surface area contributed by atoms with Crippen molar-refractivity contribution in [2.45, 2.75) is 65.1 Å². The molecule has 0 saturated carbocycles. The Morgan fingerprint density at radius 2 is 1.54 bits per heavy atom. The van der Waals surface area contributed by atoms with Gasteiger partial charge in [0.25, 0.3) is 0 Å². The summed E-state index contributed by atoms with van der Waals surface area (Å²) in [7, 11) is 0. The summed E-state index contributed by atoms with van der Waals surface area (Å²) in [4.78, 5) is 20.4. The zero-order valence-electron chi connectivity index (χ0n) is 15.5. The normalized spacial score (nSPS) is 16.3. The zero-order chi connectivity index (χ0) is 19.5. The Labute approximate surface area is 154 Å². The van der Waals surface area contributed by atoms with Gasteiger partial charge in [0.05, 0.1) is 11.5 Å². The van der Waals surface area contributed by atoms with Crippen LogP contribution in [0.4, 0.5) is 0 Å². The third-order valence-corrected chi connectivity index (χ3v) is 3.88.